The average molecular weight is 577 g/mol. The van der Waals surface area contributed by atoms with E-state index >= 15 is 0 Å². The van der Waals surface area contributed by atoms with Crippen LogP contribution < -0.4 is 0 Å². The lowest BCUT2D eigenvalue weighted by Gasteiger charge is -2.46. The van der Waals surface area contributed by atoms with Gasteiger partial charge in [0.1, 0.15) is 0 Å². The lowest BCUT2D eigenvalue weighted by atomic mass is 9.57. The zero-order chi connectivity index (χ0) is 30.1. The summed E-state index contributed by atoms with van der Waals surface area (Å²) in [7, 11) is 0. The molecule has 2 heteroatoms. The molecule has 0 spiro atoms. The third-order valence-corrected chi connectivity index (χ3v) is 10.2. The number of rotatable bonds is 4. The predicted molar refractivity (Wildman–Crippen MR) is 186 cm³/mol. The van der Waals surface area contributed by atoms with Gasteiger partial charge in [0, 0.05) is 51.9 Å². The lowest BCUT2D eigenvalue weighted by molar-refractivity contribution is 0.546. The molecule has 0 aliphatic heterocycles. The Balaban J connectivity index is 1.18. The first-order valence-electron chi connectivity index (χ1n) is 15.8. The normalized spacial score (nSPS) is 18.0. The molecule has 2 aromatic heterocycles. The first-order chi connectivity index (χ1) is 22.1. The molecule has 0 saturated heterocycles. The van der Waals surface area contributed by atoms with Crippen LogP contribution >= 0.6 is 0 Å². The fraction of sp³-hybridized carbons (Fsp3) is 0.116. The van der Waals surface area contributed by atoms with Crippen LogP contribution in [0, 0.1) is 5.92 Å². The van der Waals surface area contributed by atoms with E-state index in [1.807, 2.05) is 12.4 Å². The molecule has 0 N–H and O–H groups in total. The van der Waals surface area contributed by atoms with Gasteiger partial charge in [0.05, 0.1) is 11.4 Å². The Morgan fingerprint density at radius 3 is 1.38 bits per heavy atom. The Morgan fingerprint density at radius 2 is 0.956 bits per heavy atom. The maximum absolute atomic E-state index is 4.99. The maximum Gasteiger partial charge on any atom is 0.0708 e. The van der Waals surface area contributed by atoms with Crippen LogP contribution in [-0.4, -0.2) is 9.97 Å². The van der Waals surface area contributed by atoms with Gasteiger partial charge in [-0.3, -0.25) is 9.97 Å². The van der Waals surface area contributed by atoms with E-state index in [2.05, 4.69) is 147 Å². The highest BCUT2D eigenvalue weighted by Crippen LogP contribution is 2.57. The monoisotopic (exact) mass is 576 g/mol. The van der Waals surface area contributed by atoms with Crippen LogP contribution in [0.3, 0.4) is 0 Å². The molecule has 2 heterocycles. The van der Waals surface area contributed by atoms with Gasteiger partial charge in [-0.25, -0.2) is 0 Å². The minimum atomic E-state index is -0.127. The maximum atomic E-state index is 4.99. The molecule has 0 amide bonds. The van der Waals surface area contributed by atoms with Crippen molar-refractivity contribution in [3.8, 4) is 44.8 Å². The largest absolute Gasteiger partial charge is 0.256 e. The number of nitrogens with zero attached hydrogens (tertiary/aromatic N) is 2. The van der Waals surface area contributed by atoms with E-state index in [0.717, 1.165) is 22.5 Å². The fourth-order valence-corrected chi connectivity index (χ4v) is 7.92. The van der Waals surface area contributed by atoms with Crippen molar-refractivity contribution in [3.05, 3.63) is 167 Å². The first kappa shape index (κ1) is 26.1. The Labute approximate surface area is 264 Å². The quantitative estimate of drug-likeness (QED) is 0.209. The molecular formula is C43H32N2. The SMILES string of the molecule is CC1(C)c2ccc(-c3ccc(-c4ccccc4)cn3)c3c2C2c4c1ccc(-c1ccc(-c5ccccc5)cn1)c4C=CC2C=C3. The van der Waals surface area contributed by atoms with Crippen LogP contribution in [0.2, 0.25) is 0 Å². The zero-order valence-electron chi connectivity index (χ0n) is 25.4. The molecule has 0 bridgehead atoms. The highest BCUT2D eigenvalue weighted by atomic mass is 14.7. The van der Waals surface area contributed by atoms with Crippen molar-refractivity contribution < 1.29 is 0 Å². The molecule has 4 aromatic carbocycles. The summed E-state index contributed by atoms with van der Waals surface area (Å²) in [6.45, 7) is 4.78. The number of pyridine rings is 2. The number of benzene rings is 4. The molecule has 6 aromatic rings. The Morgan fingerprint density at radius 1 is 0.489 bits per heavy atom. The van der Waals surface area contributed by atoms with Crippen molar-refractivity contribution in [2.45, 2.75) is 25.2 Å². The van der Waals surface area contributed by atoms with Crippen LogP contribution in [0.15, 0.2) is 134 Å². The molecule has 3 aliphatic rings. The second kappa shape index (κ2) is 9.84. The summed E-state index contributed by atoms with van der Waals surface area (Å²) in [5.41, 5.74) is 17.3. The summed E-state index contributed by atoms with van der Waals surface area (Å²) in [5.74, 6) is 0.598. The third kappa shape index (κ3) is 3.95. The van der Waals surface area contributed by atoms with Gasteiger partial charge >= 0.3 is 0 Å². The van der Waals surface area contributed by atoms with Crippen LogP contribution in [0.1, 0.15) is 53.1 Å². The molecule has 0 unspecified atom stereocenters. The Hall–Kier alpha value is -5.34. The fourth-order valence-electron chi connectivity index (χ4n) is 7.92. The van der Waals surface area contributed by atoms with Gasteiger partial charge in [0.15, 0.2) is 0 Å². The van der Waals surface area contributed by atoms with E-state index in [0.29, 0.717) is 5.92 Å². The summed E-state index contributed by atoms with van der Waals surface area (Å²) in [6, 6.07) is 39.0. The highest BCUT2D eigenvalue weighted by molar-refractivity contribution is 5.87. The van der Waals surface area contributed by atoms with Crippen LogP contribution in [-0.2, 0) is 5.41 Å². The summed E-state index contributed by atoms with van der Waals surface area (Å²) in [6.07, 6.45) is 13.5. The van der Waals surface area contributed by atoms with Crippen molar-refractivity contribution >= 4 is 12.2 Å². The highest BCUT2D eigenvalue weighted by Gasteiger charge is 2.45. The second-order valence-corrected chi connectivity index (χ2v) is 13.0. The Bertz CT molecular complexity index is 2000. The molecular weight excluding hydrogens is 544 g/mol. The van der Waals surface area contributed by atoms with Crippen molar-refractivity contribution in [3.63, 3.8) is 0 Å². The van der Waals surface area contributed by atoms with Crippen LogP contribution in [0.25, 0.3) is 56.9 Å². The van der Waals surface area contributed by atoms with Crippen LogP contribution in [0.4, 0.5) is 0 Å². The van der Waals surface area contributed by atoms with Gasteiger partial charge in [-0.15, -0.1) is 0 Å². The molecule has 3 aliphatic carbocycles. The number of hydrogen-bond acceptors (Lipinski definition) is 2. The van der Waals surface area contributed by atoms with Gasteiger partial charge in [-0.2, -0.15) is 0 Å². The number of hydrogen-bond donors (Lipinski definition) is 0. The van der Waals surface area contributed by atoms with Crippen LogP contribution in [0.5, 0.6) is 0 Å². The average Bonchev–Trinajstić information content (AvgIpc) is 3.10. The smallest absolute Gasteiger partial charge is 0.0708 e. The minimum absolute atomic E-state index is 0.127. The summed E-state index contributed by atoms with van der Waals surface area (Å²) >= 11 is 0. The van der Waals surface area contributed by atoms with E-state index in [1.54, 1.807) is 0 Å². The zero-order valence-corrected chi connectivity index (χ0v) is 25.4. The topological polar surface area (TPSA) is 25.8 Å². The van der Waals surface area contributed by atoms with Gasteiger partial charge in [0.25, 0.3) is 0 Å². The van der Waals surface area contributed by atoms with Crippen molar-refractivity contribution in [1.82, 2.24) is 9.97 Å². The molecule has 9 rings (SSSR count). The molecule has 214 valence electrons. The molecule has 45 heavy (non-hydrogen) atoms. The Kier molecular flexibility index (Phi) is 5.70. The predicted octanol–water partition coefficient (Wildman–Crippen LogP) is 10.6. The van der Waals surface area contributed by atoms with E-state index < -0.39 is 0 Å². The van der Waals surface area contributed by atoms with Gasteiger partial charge in [-0.1, -0.05) is 135 Å². The van der Waals surface area contributed by atoms with E-state index in [4.69, 9.17) is 9.97 Å². The van der Waals surface area contributed by atoms with E-state index in [9.17, 15) is 0 Å². The molecule has 0 fully saturated rings. The standard InChI is InChI=1S/C43H32N2/c1-43(2)36-21-19-32(38-23-15-30(25-44-38)27-9-5-3-6-10-27)34-17-13-29-14-18-35-33(20-22-37(43)42(35)40(29)41(34)36)39-24-16-31(26-45-39)28-11-7-4-8-12-28/h3-26,29,40H,1-2H3. The third-order valence-electron chi connectivity index (χ3n) is 10.2. The van der Waals surface area contributed by atoms with Crippen molar-refractivity contribution in [2.75, 3.05) is 0 Å². The number of aromatic nitrogens is 2. The lowest BCUT2D eigenvalue weighted by Crippen LogP contribution is -2.35. The van der Waals surface area contributed by atoms with Gasteiger partial charge in [-0.05, 0) is 56.6 Å². The van der Waals surface area contributed by atoms with E-state index in [1.165, 1.54) is 55.6 Å². The molecule has 0 saturated carbocycles. The minimum Gasteiger partial charge on any atom is -0.256 e. The molecule has 2 nitrogen and oxygen atoms in total. The van der Waals surface area contributed by atoms with Gasteiger partial charge in [0.2, 0.25) is 0 Å². The van der Waals surface area contributed by atoms with Crippen molar-refractivity contribution in [1.29, 1.82) is 0 Å². The summed E-state index contributed by atoms with van der Waals surface area (Å²) in [4.78, 5) is 9.98. The number of allylic oxidation sites excluding steroid dienone is 2. The second-order valence-electron chi connectivity index (χ2n) is 13.0. The van der Waals surface area contributed by atoms with Gasteiger partial charge < -0.3 is 0 Å². The summed E-state index contributed by atoms with van der Waals surface area (Å²) in [5, 5.41) is 0. The molecule has 0 atom stereocenters. The first-order valence-corrected chi connectivity index (χ1v) is 15.8. The molecule has 0 radical (unpaired) electrons. The van der Waals surface area contributed by atoms with Crippen molar-refractivity contribution in [2.24, 2.45) is 5.92 Å². The van der Waals surface area contributed by atoms with E-state index in [-0.39, 0.29) is 11.3 Å². The summed E-state index contributed by atoms with van der Waals surface area (Å²) < 4.78 is 0.